The maximum absolute atomic E-state index is 12.3. The summed E-state index contributed by atoms with van der Waals surface area (Å²) in [4.78, 5) is 15.0. The lowest BCUT2D eigenvalue weighted by Gasteiger charge is -1.96. The van der Waals surface area contributed by atoms with Crippen LogP contribution in [0.15, 0.2) is 39.9 Å². The summed E-state index contributed by atoms with van der Waals surface area (Å²) in [5.74, 6) is -0.296. The second-order valence-electron chi connectivity index (χ2n) is 4.74. The number of nitrogens with one attached hydrogen (secondary N) is 1. The number of amides is 1. The van der Waals surface area contributed by atoms with Crippen molar-refractivity contribution in [1.82, 2.24) is 5.43 Å². The Balaban J connectivity index is 1.76. The zero-order valence-electron chi connectivity index (χ0n) is 12.1. The van der Waals surface area contributed by atoms with Gasteiger partial charge in [-0.1, -0.05) is 40.5 Å². The van der Waals surface area contributed by atoms with Crippen molar-refractivity contribution in [3.8, 4) is 0 Å². The number of carbonyl (C=O) groups excluding carboxylic acids is 1. The molecule has 0 saturated carbocycles. The second-order valence-corrected chi connectivity index (χ2v) is 8.29. The minimum atomic E-state index is -0.296. The van der Waals surface area contributed by atoms with E-state index >= 15 is 0 Å². The number of thiophene rings is 2. The first-order valence-corrected chi connectivity index (χ1v) is 9.68. The van der Waals surface area contributed by atoms with Gasteiger partial charge in [0.25, 0.3) is 5.91 Å². The molecule has 118 valence electrons. The van der Waals surface area contributed by atoms with Crippen molar-refractivity contribution in [2.75, 3.05) is 0 Å². The molecule has 0 aliphatic carbocycles. The summed E-state index contributed by atoms with van der Waals surface area (Å²) in [6.07, 6.45) is 2.65. The zero-order chi connectivity index (χ0) is 16.4. The molecule has 0 fully saturated rings. The molecule has 0 unspecified atom stereocenters. The fraction of sp³-hybridized carbons (Fsp3) is 0.125. The van der Waals surface area contributed by atoms with Crippen LogP contribution in [0.3, 0.4) is 0 Å². The summed E-state index contributed by atoms with van der Waals surface area (Å²) in [5, 5.41) is 5.36. The Morgan fingerprint density at radius 1 is 1.35 bits per heavy atom. The molecule has 2 aromatic heterocycles. The molecule has 2 heterocycles. The van der Waals surface area contributed by atoms with Gasteiger partial charge < -0.3 is 0 Å². The predicted octanol–water partition coefficient (Wildman–Crippen LogP) is 5.71. The third-order valence-electron chi connectivity index (χ3n) is 3.19. The Bertz CT molecular complexity index is 901. The third kappa shape index (κ3) is 3.66. The highest BCUT2D eigenvalue weighted by Gasteiger charge is 2.16. The number of nitrogens with zero attached hydrogens (tertiary/aromatic N) is 1. The van der Waals surface area contributed by atoms with Crippen molar-refractivity contribution in [3.05, 3.63) is 54.5 Å². The number of halogens is 2. The molecule has 1 amide bonds. The van der Waals surface area contributed by atoms with E-state index in [1.807, 2.05) is 24.3 Å². The second kappa shape index (κ2) is 7.13. The number of hydrogen-bond donors (Lipinski definition) is 1. The van der Waals surface area contributed by atoms with Crippen LogP contribution in [0.1, 0.15) is 26.3 Å². The summed E-state index contributed by atoms with van der Waals surface area (Å²) >= 11 is 12.7. The maximum Gasteiger partial charge on any atom is 0.283 e. The van der Waals surface area contributed by atoms with Crippen molar-refractivity contribution in [2.24, 2.45) is 5.10 Å². The van der Waals surface area contributed by atoms with E-state index in [4.69, 9.17) is 11.6 Å². The van der Waals surface area contributed by atoms with Gasteiger partial charge in [-0.05, 0) is 30.7 Å². The van der Waals surface area contributed by atoms with Gasteiger partial charge in [-0.3, -0.25) is 4.79 Å². The molecule has 3 aromatic rings. The van der Waals surface area contributed by atoms with Crippen molar-refractivity contribution in [2.45, 2.75) is 13.3 Å². The minimum absolute atomic E-state index is 0.296. The smallest absolute Gasteiger partial charge is 0.266 e. The summed E-state index contributed by atoms with van der Waals surface area (Å²) in [6, 6.07) is 9.81. The lowest BCUT2D eigenvalue weighted by atomic mass is 10.2. The van der Waals surface area contributed by atoms with E-state index in [1.54, 1.807) is 17.6 Å². The molecule has 1 aromatic carbocycles. The molecule has 0 radical (unpaired) electrons. The largest absolute Gasteiger partial charge is 0.283 e. The van der Waals surface area contributed by atoms with Crippen LogP contribution in [0.4, 0.5) is 0 Å². The Hall–Kier alpha value is -1.21. The van der Waals surface area contributed by atoms with Crippen LogP contribution in [0.2, 0.25) is 5.02 Å². The van der Waals surface area contributed by atoms with E-state index in [0.29, 0.717) is 9.90 Å². The highest BCUT2D eigenvalue weighted by atomic mass is 79.9. The number of fused-ring (bicyclic) bond motifs is 1. The van der Waals surface area contributed by atoms with Gasteiger partial charge in [0.2, 0.25) is 0 Å². The van der Waals surface area contributed by atoms with Crippen molar-refractivity contribution >= 4 is 72.4 Å². The summed E-state index contributed by atoms with van der Waals surface area (Å²) in [7, 11) is 0. The monoisotopic (exact) mass is 426 g/mol. The number of carbonyl (C=O) groups is 1. The molecule has 3 nitrogen and oxygen atoms in total. The van der Waals surface area contributed by atoms with E-state index in [0.717, 1.165) is 25.9 Å². The fourth-order valence-electron chi connectivity index (χ4n) is 2.04. The first-order chi connectivity index (χ1) is 11.1. The van der Waals surface area contributed by atoms with Gasteiger partial charge in [0.05, 0.1) is 11.2 Å². The average molecular weight is 428 g/mol. The van der Waals surface area contributed by atoms with E-state index in [-0.39, 0.29) is 5.91 Å². The molecule has 3 rings (SSSR count). The highest BCUT2D eigenvalue weighted by Crippen LogP contribution is 2.36. The molecule has 7 heteroatoms. The molecule has 0 spiro atoms. The van der Waals surface area contributed by atoms with Crippen LogP contribution in [-0.4, -0.2) is 12.1 Å². The Morgan fingerprint density at radius 3 is 2.91 bits per heavy atom. The Kier molecular flexibility index (Phi) is 5.16. The average Bonchev–Trinajstić information content (AvgIpc) is 3.12. The zero-order valence-corrected chi connectivity index (χ0v) is 16.1. The summed E-state index contributed by atoms with van der Waals surface area (Å²) in [6.45, 7) is 2.11. The van der Waals surface area contributed by atoms with E-state index in [2.05, 4.69) is 39.4 Å². The van der Waals surface area contributed by atoms with Crippen LogP contribution in [0.25, 0.3) is 10.1 Å². The molecule has 0 aliphatic heterocycles. The molecule has 0 bridgehead atoms. The van der Waals surface area contributed by atoms with Gasteiger partial charge in [-0.25, -0.2) is 5.43 Å². The van der Waals surface area contributed by atoms with Gasteiger partial charge in [-0.15, -0.1) is 22.7 Å². The third-order valence-corrected chi connectivity index (χ3v) is 6.50. The van der Waals surface area contributed by atoms with Crippen molar-refractivity contribution < 1.29 is 4.79 Å². The topological polar surface area (TPSA) is 41.5 Å². The van der Waals surface area contributed by atoms with Gasteiger partial charge >= 0.3 is 0 Å². The summed E-state index contributed by atoms with van der Waals surface area (Å²) in [5.41, 5.74) is 2.54. The molecule has 0 atom stereocenters. The van der Waals surface area contributed by atoms with Gasteiger partial charge in [0, 0.05) is 24.3 Å². The first kappa shape index (κ1) is 16.6. The first-order valence-electron chi connectivity index (χ1n) is 6.88. The van der Waals surface area contributed by atoms with Crippen molar-refractivity contribution in [1.29, 1.82) is 0 Å². The Morgan fingerprint density at radius 2 is 2.17 bits per heavy atom. The quantitative estimate of drug-likeness (QED) is 0.421. The molecule has 0 saturated heterocycles. The molecule has 23 heavy (non-hydrogen) atoms. The van der Waals surface area contributed by atoms with E-state index in [1.165, 1.54) is 16.2 Å². The minimum Gasteiger partial charge on any atom is -0.266 e. The highest BCUT2D eigenvalue weighted by molar-refractivity contribution is 9.10. The Labute approximate surface area is 155 Å². The number of hydrogen-bond acceptors (Lipinski definition) is 4. The van der Waals surface area contributed by atoms with E-state index < -0.39 is 0 Å². The number of benzene rings is 1. The standard InChI is InChI=1S/C16H12BrClN2OS2/c1-2-10-4-5-11(22-10)8-19-20-16(21)15-14(18)12-6-3-9(17)7-13(12)23-15/h3-8H,2H2,1H3,(H,20,21)/b19-8-. The van der Waals surface area contributed by atoms with Crippen LogP contribution in [-0.2, 0) is 6.42 Å². The predicted molar refractivity (Wildman–Crippen MR) is 103 cm³/mol. The van der Waals surface area contributed by atoms with Crippen LogP contribution in [0.5, 0.6) is 0 Å². The summed E-state index contributed by atoms with van der Waals surface area (Å²) < 4.78 is 1.92. The molecule has 1 N–H and O–H groups in total. The van der Waals surface area contributed by atoms with Crippen LogP contribution in [0, 0.1) is 0 Å². The number of aryl methyl sites for hydroxylation is 1. The fourth-order valence-corrected chi connectivity index (χ4v) is 4.83. The van der Waals surface area contributed by atoms with Gasteiger partial charge in [0.15, 0.2) is 0 Å². The lowest BCUT2D eigenvalue weighted by molar-refractivity contribution is 0.0959. The van der Waals surface area contributed by atoms with Gasteiger partial charge in [0.1, 0.15) is 4.88 Å². The van der Waals surface area contributed by atoms with Crippen molar-refractivity contribution in [3.63, 3.8) is 0 Å². The van der Waals surface area contributed by atoms with Crippen LogP contribution >= 0.6 is 50.2 Å². The molecular formula is C16H12BrClN2OS2. The molecule has 0 aliphatic rings. The lowest BCUT2D eigenvalue weighted by Crippen LogP contribution is -2.16. The maximum atomic E-state index is 12.3. The van der Waals surface area contributed by atoms with Crippen LogP contribution < -0.4 is 5.43 Å². The van der Waals surface area contributed by atoms with E-state index in [9.17, 15) is 4.79 Å². The molecular weight excluding hydrogens is 416 g/mol. The van der Waals surface area contributed by atoms with Gasteiger partial charge in [-0.2, -0.15) is 5.10 Å². The number of hydrazone groups is 1. The SMILES string of the molecule is CCc1ccc(/C=N\NC(=O)c2sc3cc(Br)ccc3c2Cl)s1. The number of rotatable bonds is 4. The normalized spacial score (nSPS) is 11.4.